The Hall–Kier alpha value is -1.01. The van der Waals surface area contributed by atoms with Crippen LogP contribution in [0.1, 0.15) is 10.4 Å². The Morgan fingerprint density at radius 3 is 3.00 bits per heavy atom. The van der Waals surface area contributed by atoms with Gasteiger partial charge in [-0.2, -0.15) is 0 Å². The van der Waals surface area contributed by atoms with Crippen LogP contribution in [-0.2, 0) is 4.74 Å². The molecule has 1 saturated heterocycles. The van der Waals surface area contributed by atoms with E-state index >= 15 is 0 Å². The highest BCUT2D eigenvalue weighted by Crippen LogP contribution is 2.12. The second-order valence-corrected chi connectivity index (χ2v) is 4.44. The van der Waals surface area contributed by atoms with Crippen molar-refractivity contribution in [3.63, 3.8) is 0 Å². The molecule has 2 atom stereocenters. The maximum atomic E-state index is 13.2. The summed E-state index contributed by atoms with van der Waals surface area (Å²) >= 11 is 3.21. The number of ether oxygens (including phenoxy) is 1. The number of alkyl halides is 1. The summed E-state index contributed by atoms with van der Waals surface area (Å²) < 4.78 is 18.8. The molecule has 2 rings (SSSR count). The summed E-state index contributed by atoms with van der Waals surface area (Å²) in [6.07, 6.45) is 1.88. The van der Waals surface area contributed by atoms with Crippen LogP contribution >= 0.6 is 15.9 Å². The van der Waals surface area contributed by atoms with E-state index < -0.39 is 12.2 Å². The number of halogens is 2. The first-order chi connectivity index (χ1) is 7.66. The topological polar surface area (TPSA) is 51.2 Å². The summed E-state index contributed by atoms with van der Waals surface area (Å²) in [5, 5.41) is 2.57. The molecule has 1 amide bonds. The van der Waals surface area contributed by atoms with Crippen molar-refractivity contribution in [2.24, 2.45) is 0 Å². The van der Waals surface area contributed by atoms with Crippen molar-refractivity contribution >= 4 is 21.8 Å². The molecular formula is C10H10BrFN2O2. The molecule has 1 aromatic heterocycles. The van der Waals surface area contributed by atoms with E-state index in [1.54, 1.807) is 12.3 Å². The van der Waals surface area contributed by atoms with Crippen molar-refractivity contribution < 1.29 is 13.9 Å². The smallest absolute Gasteiger partial charge is 0.253 e. The number of pyridine rings is 1. The van der Waals surface area contributed by atoms with Crippen LogP contribution in [0.2, 0.25) is 0 Å². The molecule has 2 heterocycles. The lowest BCUT2D eigenvalue weighted by molar-refractivity contribution is 0.0920. The lowest BCUT2D eigenvalue weighted by Gasteiger charge is -2.12. The zero-order chi connectivity index (χ0) is 11.5. The molecule has 0 radical (unpaired) electrons. The van der Waals surface area contributed by atoms with Gasteiger partial charge in [-0.25, -0.2) is 4.39 Å². The second-order valence-electron chi connectivity index (χ2n) is 3.53. The monoisotopic (exact) mass is 288 g/mol. The molecule has 1 aromatic rings. The fourth-order valence-electron chi connectivity index (χ4n) is 1.45. The summed E-state index contributed by atoms with van der Waals surface area (Å²) in [7, 11) is 0. The van der Waals surface area contributed by atoms with Crippen LogP contribution in [0.3, 0.4) is 0 Å². The number of hydrogen-bond acceptors (Lipinski definition) is 3. The van der Waals surface area contributed by atoms with E-state index in [-0.39, 0.29) is 19.1 Å². The zero-order valence-electron chi connectivity index (χ0n) is 8.32. The summed E-state index contributed by atoms with van der Waals surface area (Å²) in [4.78, 5) is 15.6. The van der Waals surface area contributed by atoms with E-state index in [4.69, 9.17) is 4.74 Å². The van der Waals surface area contributed by atoms with Gasteiger partial charge in [0.25, 0.3) is 5.91 Å². The third-order valence-electron chi connectivity index (χ3n) is 2.29. The summed E-state index contributed by atoms with van der Waals surface area (Å²) in [6.45, 7) is 0.260. The highest BCUT2D eigenvalue weighted by atomic mass is 79.9. The van der Waals surface area contributed by atoms with Crippen LogP contribution in [0.5, 0.6) is 0 Å². The largest absolute Gasteiger partial charge is 0.376 e. The van der Waals surface area contributed by atoms with E-state index in [2.05, 4.69) is 26.2 Å². The normalized spacial score (nSPS) is 24.4. The van der Waals surface area contributed by atoms with Crippen molar-refractivity contribution in [1.82, 2.24) is 10.3 Å². The van der Waals surface area contributed by atoms with Crippen LogP contribution in [0.15, 0.2) is 22.9 Å². The van der Waals surface area contributed by atoms with Crippen LogP contribution in [0, 0.1) is 0 Å². The lowest BCUT2D eigenvalue weighted by atomic mass is 10.2. The van der Waals surface area contributed by atoms with Crippen molar-refractivity contribution in [2.45, 2.75) is 12.2 Å². The number of carbonyl (C=O) groups is 1. The Morgan fingerprint density at radius 2 is 2.38 bits per heavy atom. The van der Waals surface area contributed by atoms with Gasteiger partial charge in [0.15, 0.2) is 0 Å². The van der Waals surface area contributed by atoms with Gasteiger partial charge in [0.2, 0.25) is 0 Å². The standard InChI is InChI=1S/C10H10BrFN2O2/c11-7-1-6(2-13-3-7)10(15)14-9-5-16-4-8(9)12/h1-3,8-9H,4-5H2,(H,14,15). The van der Waals surface area contributed by atoms with E-state index in [1.807, 2.05) is 0 Å². The number of amides is 1. The Morgan fingerprint density at radius 1 is 1.56 bits per heavy atom. The molecule has 1 aliphatic heterocycles. The Labute approximate surface area is 100 Å². The fourth-order valence-corrected chi connectivity index (χ4v) is 1.81. The average molecular weight is 289 g/mol. The molecule has 0 bridgehead atoms. The highest BCUT2D eigenvalue weighted by molar-refractivity contribution is 9.10. The van der Waals surface area contributed by atoms with Crippen LogP contribution in [0.25, 0.3) is 0 Å². The number of hydrogen-bond donors (Lipinski definition) is 1. The van der Waals surface area contributed by atoms with Gasteiger partial charge in [0.05, 0.1) is 24.8 Å². The first-order valence-corrected chi connectivity index (χ1v) is 5.59. The molecule has 0 spiro atoms. The van der Waals surface area contributed by atoms with Crippen molar-refractivity contribution in [1.29, 1.82) is 0 Å². The molecule has 2 unspecified atom stereocenters. The molecule has 16 heavy (non-hydrogen) atoms. The number of aromatic nitrogens is 1. The molecular weight excluding hydrogens is 279 g/mol. The average Bonchev–Trinajstić information content (AvgIpc) is 2.64. The third-order valence-corrected chi connectivity index (χ3v) is 2.73. The summed E-state index contributed by atoms with van der Waals surface area (Å²) in [5.74, 6) is -0.341. The van der Waals surface area contributed by atoms with Crippen molar-refractivity contribution in [3.8, 4) is 0 Å². The van der Waals surface area contributed by atoms with Gasteiger partial charge < -0.3 is 10.1 Å². The first kappa shape index (κ1) is 11.5. The molecule has 1 fully saturated rings. The number of rotatable bonds is 2. The lowest BCUT2D eigenvalue weighted by Crippen LogP contribution is -2.40. The summed E-state index contributed by atoms with van der Waals surface area (Å²) in [5.41, 5.74) is 0.397. The molecule has 1 N–H and O–H groups in total. The van der Waals surface area contributed by atoms with Gasteiger partial charge in [-0.3, -0.25) is 9.78 Å². The van der Waals surface area contributed by atoms with Gasteiger partial charge in [-0.1, -0.05) is 0 Å². The molecule has 0 aliphatic carbocycles. The fraction of sp³-hybridized carbons (Fsp3) is 0.400. The van der Waals surface area contributed by atoms with Gasteiger partial charge in [-0.05, 0) is 22.0 Å². The maximum Gasteiger partial charge on any atom is 0.253 e. The minimum absolute atomic E-state index is 0.0433. The molecule has 86 valence electrons. The summed E-state index contributed by atoms with van der Waals surface area (Å²) in [6, 6.07) is 1.07. The van der Waals surface area contributed by atoms with Crippen LogP contribution in [-0.4, -0.2) is 36.3 Å². The number of carbonyl (C=O) groups excluding carboxylic acids is 1. The number of nitrogens with one attached hydrogen (secondary N) is 1. The second kappa shape index (κ2) is 4.88. The quantitative estimate of drug-likeness (QED) is 0.893. The third kappa shape index (κ3) is 2.56. The van der Waals surface area contributed by atoms with Crippen molar-refractivity contribution in [2.75, 3.05) is 13.2 Å². The van der Waals surface area contributed by atoms with Gasteiger partial charge in [0.1, 0.15) is 6.17 Å². The van der Waals surface area contributed by atoms with Crippen LogP contribution in [0.4, 0.5) is 4.39 Å². The Kier molecular flexibility index (Phi) is 3.50. The molecule has 1 aliphatic rings. The Bertz CT molecular complexity index is 402. The predicted molar refractivity (Wildman–Crippen MR) is 58.9 cm³/mol. The Balaban J connectivity index is 2.03. The highest BCUT2D eigenvalue weighted by Gasteiger charge is 2.29. The van der Waals surface area contributed by atoms with E-state index in [9.17, 15) is 9.18 Å². The first-order valence-electron chi connectivity index (χ1n) is 4.80. The zero-order valence-corrected chi connectivity index (χ0v) is 9.91. The van der Waals surface area contributed by atoms with E-state index in [0.29, 0.717) is 10.0 Å². The molecule has 4 nitrogen and oxygen atoms in total. The molecule has 0 aromatic carbocycles. The van der Waals surface area contributed by atoms with Crippen LogP contribution < -0.4 is 5.32 Å². The van der Waals surface area contributed by atoms with Crippen molar-refractivity contribution in [3.05, 3.63) is 28.5 Å². The minimum Gasteiger partial charge on any atom is -0.376 e. The maximum absolute atomic E-state index is 13.2. The van der Waals surface area contributed by atoms with Gasteiger partial charge in [0, 0.05) is 16.9 Å². The van der Waals surface area contributed by atoms with E-state index in [1.165, 1.54) is 6.20 Å². The molecule has 6 heteroatoms. The number of nitrogens with zero attached hydrogens (tertiary/aromatic N) is 1. The predicted octanol–water partition coefficient (Wildman–Crippen LogP) is 1.31. The van der Waals surface area contributed by atoms with E-state index in [0.717, 1.165) is 0 Å². The molecule has 0 saturated carbocycles. The minimum atomic E-state index is -1.14. The SMILES string of the molecule is O=C(NC1COCC1F)c1cncc(Br)c1. The van der Waals surface area contributed by atoms with Gasteiger partial charge in [-0.15, -0.1) is 0 Å². The van der Waals surface area contributed by atoms with Gasteiger partial charge >= 0.3 is 0 Å².